The number of para-hydroxylation sites is 1. The topological polar surface area (TPSA) is 108 Å². The van der Waals surface area contributed by atoms with Crippen molar-refractivity contribution in [2.45, 2.75) is 13.0 Å². The van der Waals surface area contributed by atoms with Gasteiger partial charge in [-0.05, 0) is 37.3 Å². The molecule has 0 fully saturated rings. The van der Waals surface area contributed by atoms with Gasteiger partial charge in [0, 0.05) is 5.56 Å². The van der Waals surface area contributed by atoms with Gasteiger partial charge < -0.3 is 15.4 Å². The molecular weight excluding hydrogens is 353 g/mol. The number of esters is 1. The first-order valence-electron chi connectivity index (χ1n) is 7.94. The molecule has 0 saturated carbocycles. The Hall–Kier alpha value is -3.73. The molecule has 0 aliphatic heterocycles. The summed E-state index contributed by atoms with van der Waals surface area (Å²) in [6.07, 6.45) is -1.14. The van der Waals surface area contributed by atoms with Gasteiger partial charge in [0.2, 0.25) is 0 Å². The molecule has 138 valence electrons. The number of carbonyl (C=O) groups is 3. The Morgan fingerprint density at radius 2 is 1.93 bits per heavy atom. The molecule has 0 radical (unpaired) electrons. The third kappa shape index (κ3) is 5.64. The van der Waals surface area contributed by atoms with Crippen molar-refractivity contribution in [3.05, 3.63) is 65.5 Å². The van der Waals surface area contributed by atoms with Crippen LogP contribution in [0.2, 0.25) is 0 Å². The zero-order valence-electron chi connectivity index (χ0n) is 14.4. The SMILES string of the molecule is C[C@@H](OC(=O)CNC(=O)c1cccc(F)c1)C(=O)Nc1ccccc1C#N. The standard InChI is InChI=1S/C19H16FN3O4/c1-12(18(25)23-16-8-3-2-5-14(16)10-21)27-17(24)11-22-19(26)13-6-4-7-15(20)9-13/h2-9,12H,11H2,1H3,(H,22,26)(H,23,25)/t12-/m1/s1. The third-order valence-corrected chi connectivity index (χ3v) is 3.46. The van der Waals surface area contributed by atoms with Crippen molar-refractivity contribution in [3.63, 3.8) is 0 Å². The predicted octanol–water partition coefficient (Wildman–Crippen LogP) is 2.00. The van der Waals surface area contributed by atoms with Gasteiger partial charge in [-0.1, -0.05) is 18.2 Å². The molecular formula is C19H16FN3O4. The second kappa shape index (κ2) is 9.10. The smallest absolute Gasteiger partial charge is 0.326 e. The van der Waals surface area contributed by atoms with Gasteiger partial charge in [0.05, 0.1) is 11.3 Å². The molecule has 2 rings (SSSR count). The molecule has 2 N–H and O–H groups in total. The number of rotatable bonds is 6. The monoisotopic (exact) mass is 369 g/mol. The molecule has 2 aromatic carbocycles. The number of benzene rings is 2. The number of hydrogen-bond donors (Lipinski definition) is 2. The number of carbonyl (C=O) groups excluding carboxylic acids is 3. The number of amides is 2. The van der Waals surface area contributed by atoms with E-state index in [1.54, 1.807) is 18.2 Å². The first-order chi connectivity index (χ1) is 12.9. The van der Waals surface area contributed by atoms with Crippen molar-refractivity contribution >= 4 is 23.5 Å². The van der Waals surface area contributed by atoms with E-state index in [4.69, 9.17) is 10.00 Å². The largest absolute Gasteiger partial charge is 0.451 e. The molecule has 0 aromatic heterocycles. The van der Waals surface area contributed by atoms with Gasteiger partial charge in [0.25, 0.3) is 11.8 Å². The summed E-state index contributed by atoms with van der Waals surface area (Å²) >= 11 is 0. The fraction of sp³-hybridized carbons (Fsp3) is 0.158. The second-order valence-corrected chi connectivity index (χ2v) is 5.47. The molecule has 0 unspecified atom stereocenters. The van der Waals surface area contributed by atoms with E-state index >= 15 is 0 Å². The molecule has 0 spiro atoms. The number of anilines is 1. The van der Waals surface area contributed by atoms with E-state index in [2.05, 4.69) is 10.6 Å². The number of nitrogens with zero attached hydrogens (tertiary/aromatic N) is 1. The number of nitrogens with one attached hydrogen (secondary N) is 2. The average molecular weight is 369 g/mol. The molecule has 0 heterocycles. The maximum absolute atomic E-state index is 13.1. The van der Waals surface area contributed by atoms with E-state index in [9.17, 15) is 18.8 Å². The minimum atomic E-state index is -1.14. The highest BCUT2D eigenvalue weighted by Crippen LogP contribution is 2.14. The van der Waals surface area contributed by atoms with Gasteiger partial charge in [0.1, 0.15) is 18.4 Å². The van der Waals surface area contributed by atoms with Crippen LogP contribution in [0.15, 0.2) is 48.5 Å². The molecule has 0 bridgehead atoms. The summed E-state index contributed by atoms with van der Waals surface area (Å²) < 4.78 is 18.0. The molecule has 2 aromatic rings. The van der Waals surface area contributed by atoms with Crippen molar-refractivity contribution < 1.29 is 23.5 Å². The van der Waals surface area contributed by atoms with Crippen LogP contribution in [0.25, 0.3) is 0 Å². The highest BCUT2D eigenvalue weighted by Gasteiger charge is 2.19. The van der Waals surface area contributed by atoms with Gasteiger partial charge in [-0.2, -0.15) is 5.26 Å². The lowest BCUT2D eigenvalue weighted by molar-refractivity contribution is -0.152. The Balaban J connectivity index is 1.85. The molecule has 0 aliphatic carbocycles. The summed E-state index contributed by atoms with van der Waals surface area (Å²) in [5.74, 6) is -2.68. The highest BCUT2D eigenvalue weighted by molar-refractivity contribution is 5.97. The quantitative estimate of drug-likeness (QED) is 0.757. The molecule has 2 amide bonds. The van der Waals surface area contributed by atoms with E-state index in [0.717, 1.165) is 6.07 Å². The minimum Gasteiger partial charge on any atom is -0.451 e. The Bertz CT molecular complexity index is 908. The van der Waals surface area contributed by atoms with Gasteiger partial charge in [0.15, 0.2) is 6.10 Å². The van der Waals surface area contributed by atoms with Crippen LogP contribution in [0.5, 0.6) is 0 Å². The van der Waals surface area contributed by atoms with Crippen LogP contribution in [0.3, 0.4) is 0 Å². The van der Waals surface area contributed by atoms with E-state index < -0.39 is 36.2 Å². The van der Waals surface area contributed by atoms with Crippen LogP contribution >= 0.6 is 0 Å². The normalized spacial score (nSPS) is 11.0. The van der Waals surface area contributed by atoms with Gasteiger partial charge in [-0.25, -0.2) is 4.39 Å². The number of halogens is 1. The van der Waals surface area contributed by atoms with Gasteiger partial charge >= 0.3 is 5.97 Å². The Morgan fingerprint density at radius 3 is 2.63 bits per heavy atom. The lowest BCUT2D eigenvalue weighted by Gasteiger charge is -2.14. The zero-order valence-corrected chi connectivity index (χ0v) is 14.4. The van der Waals surface area contributed by atoms with Crippen molar-refractivity contribution in [2.75, 3.05) is 11.9 Å². The van der Waals surface area contributed by atoms with Crippen LogP contribution in [0, 0.1) is 17.1 Å². The van der Waals surface area contributed by atoms with E-state index in [1.165, 1.54) is 31.2 Å². The van der Waals surface area contributed by atoms with E-state index in [0.29, 0.717) is 5.69 Å². The third-order valence-electron chi connectivity index (χ3n) is 3.46. The molecule has 0 aliphatic rings. The highest BCUT2D eigenvalue weighted by atomic mass is 19.1. The van der Waals surface area contributed by atoms with Gasteiger partial charge in [-0.3, -0.25) is 14.4 Å². The molecule has 0 saturated heterocycles. The summed E-state index contributed by atoms with van der Waals surface area (Å²) in [7, 11) is 0. The Morgan fingerprint density at radius 1 is 1.19 bits per heavy atom. The van der Waals surface area contributed by atoms with Crippen LogP contribution in [0.1, 0.15) is 22.8 Å². The van der Waals surface area contributed by atoms with Crippen molar-refractivity contribution in [1.82, 2.24) is 5.32 Å². The fourth-order valence-corrected chi connectivity index (χ4v) is 2.10. The number of ether oxygens (including phenoxy) is 1. The van der Waals surface area contributed by atoms with Crippen molar-refractivity contribution in [1.29, 1.82) is 5.26 Å². The molecule has 8 heteroatoms. The minimum absolute atomic E-state index is 0.0571. The summed E-state index contributed by atoms with van der Waals surface area (Å²) in [5, 5.41) is 13.8. The number of nitriles is 1. The predicted molar refractivity (Wildman–Crippen MR) is 94.1 cm³/mol. The fourth-order valence-electron chi connectivity index (χ4n) is 2.10. The first-order valence-corrected chi connectivity index (χ1v) is 7.94. The zero-order chi connectivity index (χ0) is 19.8. The summed E-state index contributed by atoms with van der Waals surface area (Å²) in [6, 6.07) is 13.3. The second-order valence-electron chi connectivity index (χ2n) is 5.47. The van der Waals surface area contributed by atoms with Crippen LogP contribution < -0.4 is 10.6 Å². The van der Waals surface area contributed by atoms with Crippen LogP contribution in [-0.2, 0) is 14.3 Å². The molecule has 1 atom stereocenters. The van der Waals surface area contributed by atoms with E-state index in [1.807, 2.05) is 6.07 Å². The Labute approximate surface area is 154 Å². The molecule has 7 nitrogen and oxygen atoms in total. The maximum atomic E-state index is 13.1. The Kier molecular flexibility index (Phi) is 6.61. The van der Waals surface area contributed by atoms with Crippen LogP contribution in [-0.4, -0.2) is 30.4 Å². The first kappa shape index (κ1) is 19.6. The van der Waals surface area contributed by atoms with Crippen molar-refractivity contribution in [2.24, 2.45) is 0 Å². The lowest BCUT2D eigenvalue weighted by Crippen LogP contribution is -2.36. The maximum Gasteiger partial charge on any atom is 0.326 e. The summed E-state index contributed by atoms with van der Waals surface area (Å²) in [6.45, 7) is 0.873. The number of hydrogen-bond acceptors (Lipinski definition) is 5. The van der Waals surface area contributed by atoms with Crippen molar-refractivity contribution in [3.8, 4) is 6.07 Å². The lowest BCUT2D eigenvalue weighted by atomic mass is 10.2. The molecule has 27 heavy (non-hydrogen) atoms. The van der Waals surface area contributed by atoms with Gasteiger partial charge in [-0.15, -0.1) is 0 Å². The average Bonchev–Trinajstić information content (AvgIpc) is 2.66. The van der Waals surface area contributed by atoms with Crippen LogP contribution in [0.4, 0.5) is 10.1 Å². The summed E-state index contributed by atoms with van der Waals surface area (Å²) in [5.41, 5.74) is 0.626. The van der Waals surface area contributed by atoms with E-state index in [-0.39, 0.29) is 11.1 Å². The summed E-state index contributed by atoms with van der Waals surface area (Å²) in [4.78, 5) is 35.7.